The van der Waals surface area contributed by atoms with E-state index in [0.717, 1.165) is 47.4 Å². The maximum Gasteiger partial charge on any atom is 0.253 e. The third-order valence-electron chi connectivity index (χ3n) is 5.55. The summed E-state index contributed by atoms with van der Waals surface area (Å²) in [4.78, 5) is 22.2. The molecule has 1 aliphatic rings. The van der Waals surface area contributed by atoms with Crippen molar-refractivity contribution in [3.05, 3.63) is 71.9 Å². The topological polar surface area (TPSA) is 77.7 Å². The lowest BCUT2D eigenvalue weighted by Crippen LogP contribution is -2.39. The van der Waals surface area contributed by atoms with Crippen LogP contribution >= 0.6 is 0 Å². The highest BCUT2D eigenvalue weighted by molar-refractivity contribution is 5.97. The number of nitrogens with zero attached hydrogens (tertiary/aromatic N) is 3. The summed E-state index contributed by atoms with van der Waals surface area (Å²) >= 11 is 0. The number of H-pyrrole nitrogens is 2. The predicted octanol–water partition coefficient (Wildman–Crippen LogP) is 4.11. The van der Waals surface area contributed by atoms with E-state index >= 15 is 0 Å². The number of nitrogens with one attached hydrogen (secondary N) is 2. The molecule has 4 aromatic rings. The van der Waals surface area contributed by atoms with Crippen molar-refractivity contribution >= 4 is 16.9 Å². The van der Waals surface area contributed by atoms with Crippen LogP contribution in [0.1, 0.15) is 34.8 Å². The molecule has 7 heteroatoms. The van der Waals surface area contributed by atoms with Gasteiger partial charge < -0.3 is 9.88 Å². The van der Waals surface area contributed by atoms with Crippen LogP contribution in [-0.2, 0) is 0 Å². The van der Waals surface area contributed by atoms with Crippen LogP contribution in [0.5, 0.6) is 0 Å². The van der Waals surface area contributed by atoms with E-state index in [9.17, 15) is 9.18 Å². The first kappa shape index (κ1) is 17.6. The third kappa shape index (κ3) is 3.40. The summed E-state index contributed by atoms with van der Waals surface area (Å²) < 4.78 is 13.2. The molecule has 1 fully saturated rings. The first-order valence-corrected chi connectivity index (χ1v) is 9.71. The molecule has 29 heavy (non-hydrogen) atoms. The summed E-state index contributed by atoms with van der Waals surface area (Å²) in [5, 5.41) is 7.50. The Kier molecular flexibility index (Phi) is 4.35. The Hall–Kier alpha value is -3.48. The van der Waals surface area contributed by atoms with Gasteiger partial charge in [0.15, 0.2) is 0 Å². The summed E-state index contributed by atoms with van der Waals surface area (Å²) in [5.41, 5.74) is 5.04. The molecular formula is C22H20FN5O. The van der Waals surface area contributed by atoms with Crippen molar-refractivity contribution in [2.45, 2.75) is 18.8 Å². The largest absolute Gasteiger partial charge is 0.345 e. The van der Waals surface area contributed by atoms with Crippen LogP contribution in [0.3, 0.4) is 0 Å². The van der Waals surface area contributed by atoms with Crippen LogP contribution in [0.2, 0.25) is 0 Å². The van der Waals surface area contributed by atoms with Gasteiger partial charge in [-0.3, -0.25) is 9.89 Å². The van der Waals surface area contributed by atoms with E-state index in [1.807, 2.05) is 29.2 Å². The number of aromatic amines is 2. The highest BCUT2D eigenvalue weighted by Gasteiger charge is 2.27. The normalized spacial score (nSPS) is 17.0. The molecule has 0 spiro atoms. The smallest absolute Gasteiger partial charge is 0.253 e. The van der Waals surface area contributed by atoms with Gasteiger partial charge in [0.25, 0.3) is 5.91 Å². The molecule has 1 atom stereocenters. The number of aromatic nitrogens is 4. The van der Waals surface area contributed by atoms with Crippen molar-refractivity contribution in [3.63, 3.8) is 0 Å². The van der Waals surface area contributed by atoms with Crippen molar-refractivity contribution < 1.29 is 9.18 Å². The lowest BCUT2D eigenvalue weighted by Gasteiger charge is -2.32. The second-order valence-electron chi connectivity index (χ2n) is 7.44. The number of likely N-dealkylation sites (tertiary alicyclic amines) is 1. The van der Waals surface area contributed by atoms with Crippen molar-refractivity contribution in [3.8, 4) is 11.3 Å². The summed E-state index contributed by atoms with van der Waals surface area (Å²) in [5.74, 6) is -0.0333. The first-order chi connectivity index (χ1) is 14.2. The zero-order chi connectivity index (χ0) is 19.8. The number of piperidine rings is 1. The van der Waals surface area contributed by atoms with Gasteiger partial charge in [-0.15, -0.1) is 0 Å². The Morgan fingerprint density at radius 3 is 2.86 bits per heavy atom. The van der Waals surface area contributed by atoms with E-state index in [4.69, 9.17) is 0 Å². The van der Waals surface area contributed by atoms with Crippen molar-refractivity contribution in [1.29, 1.82) is 0 Å². The maximum absolute atomic E-state index is 13.2. The number of hydrogen-bond acceptors (Lipinski definition) is 3. The molecule has 0 saturated carbocycles. The summed E-state index contributed by atoms with van der Waals surface area (Å²) in [6.45, 7) is 1.39. The van der Waals surface area contributed by atoms with Crippen LogP contribution in [0.25, 0.3) is 22.3 Å². The van der Waals surface area contributed by atoms with E-state index in [2.05, 4.69) is 20.2 Å². The number of hydrogen-bond donors (Lipinski definition) is 2. The van der Waals surface area contributed by atoms with E-state index in [1.165, 1.54) is 12.1 Å². The third-order valence-corrected chi connectivity index (χ3v) is 5.55. The molecular weight excluding hydrogens is 369 g/mol. The fourth-order valence-electron chi connectivity index (χ4n) is 3.98. The molecule has 2 N–H and O–H groups in total. The van der Waals surface area contributed by atoms with E-state index in [0.29, 0.717) is 12.1 Å². The quantitative estimate of drug-likeness (QED) is 0.553. The van der Waals surface area contributed by atoms with Gasteiger partial charge in [-0.2, -0.15) is 5.10 Å². The van der Waals surface area contributed by atoms with Gasteiger partial charge in [-0.25, -0.2) is 9.37 Å². The first-order valence-electron chi connectivity index (χ1n) is 9.71. The van der Waals surface area contributed by atoms with Crippen LogP contribution in [0.15, 0.2) is 54.9 Å². The predicted molar refractivity (Wildman–Crippen MR) is 108 cm³/mol. The Bertz CT molecular complexity index is 1160. The average Bonchev–Trinajstić information content (AvgIpc) is 3.43. The van der Waals surface area contributed by atoms with Crippen LogP contribution < -0.4 is 0 Å². The highest BCUT2D eigenvalue weighted by atomic mass is 19.1. The van der Waals surface area contributed by atoms with Gasteiger partial charge in [0.1, 0.15) is 5.82 Å². The number of fused-ring (bicyclic) bond motifs is 1. The zero-order valence-electron chi connectivity index (χ0n) is 15.7. The van der Waals surface area contributed by atoms with Gasteiger partial charge >= 0.3 is 0 Å². The Morgan fingerprint density at radius 2 is 2.00 bits per heavy atom. The van der Waals surface area contributed by atoms with Crippen LogP contribution in [0, 0.1) is 5.82 Å². The molecule has 2 aromatic heterocycles. The fraction of sp³-hybridized carbons (Fsp3) is 0.227. The molecule has 0 radical (unpaired) electrons. The van der Waals surface area contributed by atoms with E-state index < -0.39 is 0 Å². The number of rotatable bonds is 3. The zero-order valence-corrected chi connectivity index (χ0v) is 15.7. The SMILES string of the molecule is O=C(c1ccc2nc[nH]c2c1)N1CCC[C@H](c2cc(-c3ccc(F)cc3)n[nH]2)C1. The minimum atomic E-state index is -0.265. The van der Waals surface area contributed by atoms with Gasteiger partial charge in [0.2, 0.25) is 0 Å². The minimum absolute atomic E-state index is 0.0319. The standard InChI is InChI=1S/C22H20FN5O/c23-17-6-3-14(4-7-17)19-11-20(27-26-19)16-2-1-9-28(12-16)22(29)15-5-8-18-21(10-15)25-13-24-18/h3-8,10-11,13,16H,1-2,9,12H2,(H,24,25)(H,26,27)/t16-/m0/s1. The Morgan fingerprint density at radius 1 is 1.14 bits per heavy atom. The van der Waals surface area contributed by atoms with E-state index in [1.54, 1.807) is 18.5 Å². The van der Waals surface area contributed by atoms with Gasteiger partial charge in [-0.1, -0.05) is 0 Å². The molecule has 0 bridgehead atoms. The number of halogens is 1. The monoisotopic (exact) mass is 389 g/mol. The highest BCUT2D eigenvalue weighted by Crippen LogP contribution is 2.29. The Balaban J connectivity index is 1.34. The molecule has 3 heterocycles. The molecule has 0 unspecified atom stereocenters. The molecule has 2 aromatic carbocycles. The number of imidazole rings is 1. The number of amides is 1. The molecule has 146 valence electrons. The number of benzene rings is 2. The summed E-state index contributed by atoms with van der Waals surface area (Å²) in [7, 11) is 0. The number of carbonyl (C=O) groups is 1. The molecule has 0 aliphatic carbocycles. The van der Waals surface area contributed by atoms with E-state index in [-0.39, 0.29) is 17.6 Å². The molecule has 5 rings (SSSR count). The lowest BCUT2D eigenvalue weighted by molar-refractivity contribution is 0.0706. The van der Waals surface area contributed by atoms with Crippen molar-refractivity contribution in [2.24, 2.45) is 0 Å². The number of carbonyl (C=O) groups excluding carboxylic acids is 1. The molecule has 1 aliphatic heterocycles. The molecule has 1 saturated heterocycles. The van der Waals surface area contributed by atoms with Gasteiger partial charge in [0, 0.05) is 35.8 Å². The summed E-state index contributed by atoms with van der Waals surface area (Å²) in [6, 6.07) is 13.9. The fourth-order valence-corrected chi connectivity index (χ4v) is 3.98. The van der Waals surface area contributed by atoms with Crippen LogP contribution in [0.4, 0.5) is 4.39 Å². The second-order valence-corrected chi connectivity index (χ2v) is 7.44. The second kappa shape index (κ2) is 7.16. The van der Waals surface area contributed by atoms with Gasteiger partial charge in [-0.05, 0) is 61.4 Å². The van der Waals surface area contributed by atoms with Crippen molar-refractivity contribution in [1.82, 2.24) is 25.1 Å². The minimum Gasteiger partial charge on any atom is -0.345 e. The Labute approximate surface area is 166 Å². The van der Waals surface area contributed by atoms with Crippen LogP contribution in [-0.4, -0.2) is 44.1 Å². The van der Waals surface area contributed by atoms with Crippen molar-refractivity contribution in [2.75, 3.05) is 13.1 Å². The maximum atomic E-state index is 13.2. The lowest BCUT2D eigenvalue weighted by atomic mass is 9.93. The van der Waals surface area contributed by atoms with Gasteiger partial charge in [0.05, 0.1) is 23.1 Å². The average molecular weight is 389 g/mol. The summed E-state index contributed by atoms with van der Waals surface area (Å²) in [6.07, 6.45) is 3.56. The molecule has 1 amide bonds. The molecule has 6 nitrogen and oxygen atoms in total.